The van der Waals surface area contributed by atoms with Crippen LogP contribution in [-0.4, -0.2) is 59.6 Å². The average molecular weight is 266 g/mol. The van der Waals surface area contributed by atoms with E-state index >= 15 is 0 Å². The molecular formula is C14H22N2O3. The summed E-state index contributed by atoms with van der Waals surface area (Å²) in [6.45, 7) is 1.73. The maximum atomic E-state index is 11.2. The lowest BCUT2D eigenvalue weighted by Crippen LogP contribution is -2.29. The van der Waals surface area contributed by atoms with Gasteiger partial charge in [0.2, 0.25) is 0 Å². The van der Waals surface area contributed by atoms with Crippen molar-refractivity contribution in [2.45, 2.75) is 0 Å². The van der Waals surface area contributed by atoms with E-state index in [1.807, 2.05) is 32.1 Å². The maximum absolute atomic E-state index is 11.2. The summed E-state index contributed by atoms with van der Waals surface area (Å²) >= 11 is 0. The second-order valence-corrected chi connectivity index (χ2v) is 4.61. The van der Waals surface area contributed by atoms with E-state index in [2.05, 4.69) is 4.90 Å². The molecule has 0 aromatic heterocycles. The van der Waals surface area contributed by atoms with Gasteiger partial charge in [0.05, 0.1) is 19.9 Å². The smallest absolute Gasteiger partial charge is 0.162 e. The molecule has 0 aliphatic heterocycles. The zero-order chi connectivity index (χ0) is 14.4. The molecule has 1 rings (SSSR count). The fourth-order valence-corrected chi connectivity index (χ4v) is 1.78. The summed E-state index contributed by atoms with van der Waals surface area (Å²) in [7, 11) is 9.13. The highest BCUT2D eigenvalue weighted by Crippen LogP contribution is 2.33. The Hall–Kier alpha value is -1.75. The second kappa shape index (κ2) is 6.99. The second-order valence-electron chi connectivity index (χ2n) is 4.61. The third kappa shape index (κ3) is 3.86. The van der Waals surface area contributed by atoms with Crippen molar-refractivity contribution >= 4 is 12.0 Å². The number of anilines is 1. The van der Waals surface area contributed by atoms with Gasteiger partial charge in [-0.1, -0.05) is 0 Å². The van der Waals surface area contributed by atoms with Gasteiger partial charge in [0.25, 0.3) is 0 Å². The molecule has 0 radical (unpaired) electrons. The van der Waals surface area contributed by atoms with Gasteiger partial charge in [0.1, 0.15) is 0 Å². The van der Waals surface area contributed by atoms with E-state index in [0.29, 0.717) is 17.1 Å². The topological polar surface area (TPSA) is 42.0 Å². The quantitative estimate of drug-likeness (QED) is 0.700. The molecule has 0 saturated carbocycles. The van der Waals surface area contributed by atoms with Crippen LogP contribution in [0.1, 0.15) is 10.4 Å². The lowest BCUT2D eigenvalue weighted by atomic mass is 10.1. The number of ether oxygens (including phenoxy) is 2. The number of rotatable bonds is 7. The first-order valence-corrected chi connectivity index (χ1v) is 6.10. The average Bonchev–Trinajstić information content (AvgIpc) is 2.42. The molecule has 0 aliphatic carbocycles. The first kappa shape index (κ1) is 15.3. The molecule has 5 heteroatoms. The van der Waals surface area contributed by atoms with Gasteiger partial charge >= 0.3 is 0 Å². The van der Waals surface area contributed by atoms with Gasteiger partial charge in [-0.25, -0.2) is 0 Å². The van der Waals surface area contributed by atoms with Crippen LogP contribution in [0.4, 0.5) is 5.69 Å². The molecule has 0 N–H and O–H groups in total. The SMILES string of the molecule is COc1cc(C=O)c(N(C)CCN(C)C)cc1OC. The third-order valence-corrected chi connectivity index (χ3v) is 2.95. The summed E-state index contributed by atoms with van der Waals surface area (Å²) in [5.41, 5.74) is 1.44. The molecule has 0 saturated heterocycles. The predicted octanol–water partition coefficient (Wildman–Crippen LogP) is 1.51. The Morgan fingerprint density at radius 1 is 1.05 bits per heavy atom. The van der Waals surface area contributed by atoms with Crippen molar-refractivity contribution < 1.29 is 14.3 Å². The Kier molecular flexibility index (Phi) is 5.63. The molecular weight excluding hydrogens is 244 g/mol. The van der Waals surface area contributed by atoms with Crippen LogP contribution in [0, 0.1) is 0 Å². The van der Waals surface area contributed by atoms with Crippen molar-refractivity contribution in [1.29, 1.82) is 0 Å². The minimum Gasteiger partial charge on any atom is -0.493 e. The lowest BCUT2D eigenvalue weighted by molar-refractivity contribution is 0.112. The summed E-state index contributed by atoms with van der Waals surface area (Å²) in [6.07, 6.45) is 0.837. The molecule has 0 amide bonds. The van der Waals surface area contributed by atoms with Gasteiger partial charge in [0, 0.05) is 31.8 Å². The zero-order valence-electron chi connectivity index (χ0n) is 12.3. The van der Waals surface area contributed by atoms with Gasteiger partial charge in [-0.15, -0.1) is 0 Å². The van der Waals surface area contributed by atoms with Crippen LogP contribution < -0.4 is 14.4 Å². The first-order chi connectivity index (χ1) is 9.03. The molecule has 0 bridgehead atoms. The van der Waals surface area contributed by atoms with Crippen molar-refractivity contribution in [3.63, 3.8) is 0 Å². The Morgan fingerprint density at radius 3 is 2.11 bits per heavy atom. The molecule has 0 aliphatic rings. The van der Waals surface area contributed by atoms with Crippen molar-refractivity contribution in [3.8, 4) is 11.5 Å². The zero-order valence-corrected chi connectivity index (χ0v) is 12.3. The van der Waals surface area contributed by atoms with Crippen molar-refractivity contribution in [2.75, 3.05) is 53.4 Å². The normalized spacial score (nSPS) is 10.4. The van der Waals surface area contributed by atoms with Gasteiger partial charge in [0.15, 0.2) is 17.8 Å². The van der Waals surface area contributed by atoms with E-state index < -0.39 is 0 Å². The monoisotopic (exact) mass is 266 g/mol. The number of hydrogen-bond donors (Lipinski definition) is 0. The number of methoxy groups -OCH3 is 2. The number of carbonyl (C=O) groups is 1. The van der Waals surface area contributed by atoms with Gasteiger partial charge in [-0.05, 0) is 20.2 Å². The summed E-state index contributed by atoms with van der Waals surface area (Å²) in [5.74, 6) is 1.19. The Labute approximate surface area is 114 Å². The minimum absolute atomic E-state index is 0.564. The van der Waals surface area contributed by atoms with E-state index in [9.17, 15) is 4.79 Å². The van der Waals surface area contributed by atoms with E-state index in [1.54, 1.807) is 20.3 Å². The molecule has 1 aromatic rings. The largest absolute Gasteiger partial charge is 0.493 e. The molecule has 0 fully saturated rings. The molecule has 106 valence electrons. The Bertz CT molecular complexity index is 433. The Morgan fingerprint density at radius 2 is 1.63 bits per heavy atom. The molecule has 0 heterocycles. The summed E-state index contributed by atoms with van der Waals surface area (Å²) < 4.78 is 10.5. The summed E-state index contributed by atoms with van der Waals surface area (Å²) in [4.78, 5) is 15.3. The maximum Gasteiger partial charge on any atom is 0.162 e. The number of carbonyl (C=O) groups excluding carboxylic acids is 1. The van der Waals surface area contributed by atoms with Crippen molar-refractivity contribution in [2.24, 2.45) is 0 Å². The molecule has 0 atom stereocenters. The molecule has 0 unspecified atom stereocenters. The van der Waals surface area contributed by atoms with Crippen LogP contribution in [0.25, 0.3) is 0 Å². The molecule has 1 aromatic carbocycles. The number of benzene rings is 1. The van der Waals surface area contributed by atoms with Gasteiger partial charge in [-0.3, -0.25) is 4.79 Å². The van der Waals surface area contributed by atoms with Crippen LogP contribution in [0.3, 0.4) is 0 Å². The molecule has 0 spiro atoms. The first-order valence-electron chi connectivity index (χ1n) is 6.10. The molecule has 19 heavy (non-hydrogen) atoms. The van der Waals surface area contributed by atoms with Crippen molar-refractivity contribution in [1.82, 2.24) is 4.90 Å². The van der Waals surface area contributed by atoms with E-state index in [4.69, 9.17) is 9.47 Å². The number of hydrogen-bond acceptors (Lipinski definition) is 5. The fourth-order valence-electron chi connectivity index (χ4n) is 1.78. The highest BCUT2D eigenvalue weighted by Gasteiger charge is 2.13. The van der Waals surface area contributed by atoms with Gasteiger partial charge < -0.3 is 19.3 Å². The summed E-state index contributed by atoms with van der Waals surface area (Å²) in [6, 6.07) is 3.53. The summed E-state index contributed by atoms with van der Waals surface area (Å²) in [5, 5.41) is 0. The Balaban J connectivity index is 3.07. The van der Waals surface area contributed by atoms with E-state index in [1.165, 1.54) is 0 Å². The fraction of sp³-hybridized carbons (Fsp3) is 0.500. The number of nitrogens with zero attached hydrogens (tertiary/aromatic N) is 2. The third-order valence-electron chi connectivity index (χ3n) is 2.95. The van der Waals surface area contributed by atoms with Crippen molar-refractivity contribution in [3.05, 3.63) is 17.7 Å². The van der Waals surface area contributed by atoms with Gasteiger partial charge in [-0.2, -0.15) is 0 Å². The van der Waals surface area contributed by atoms with Crippen LogP contribution in [0.15, 0.2) is 12.1 Å². The highest BCUT2D eigenvalue weighted by molar-refractivity contribution is 5.86. The number of aldehydes is 1. The lowest BCUT2D eigenvalue weighted by Gasteiger charge is -2.24. The standard InChI is InChI=1S/C14H22N2O3/c1-15(2)6-7-16(3)12-9-14(19-5)13(18-4)8-11(12)10-17/h8-10H,6-7H2,1-5H3. The predicted molar refractivity (Wildman–Crippen MR) is 76.8 cm³/mol. The minimum atomic E-state index is 0.564. The van der Waals surface area contributed by atoms with Crippen LogP contribution >= 0.6 is 0 Å². The van der Waals surface area contributed by atoms with E-state index in [-0.39, 0.29) is 0 Å². The highest BCUT2D eigenvalue weighted by atomic mass is 16.5. The number of likely N-dealkylation sites (N-methyl/N-ethyl adjacent to an activating group) is 2. The van der Waals surface area contributed by atoms with E-state index in [0.717, 1.165) is 25.1 Å². The molecule has 5 nitrogen and oxygen atoms in total. The van der Waals surface area contributed by atoms with Crippen LogP contribution in [0.5, 0.6) is 11.5 Å². The van der Waals surface area contributed by atoms with Crippen LogP contribution in [0.2, 0.25) is 0 Å². The van der Waals surface area contributed by atoms with Crippen LogP contribution in [-0.2, 0) is 0 Å².